The van der Waals surface area contributed by atoms with Crippen LogP contribution >= 0.6 is 11.6 Å². The van der Waals surface area contributed by atoms with Gasteiger partial charge in [0.1, 0.15) is 22.2 Å². The van der Waals surface area contributed by atoms with E-state index in [2.05, 4.69) is 10.6 Å². The van der Waals surface area contributed by atoms with Gasteiger partial charge in [0.05, 0.1) is 19.9 Å². The number of nitrogens with one attached hydrogen (secondary N) is 2. The first-order valence-electron chi connectivity index (χ1n) is 12.5. The average Bonchev–Trinajstić information content (AvgIpc) is 3.16. The highest BCUT2D eigenvalue weighted by Crippen LogP contribution is 2.38. The van der Waals surface area contributed by atoms with E-state index in [1.165, 1.54) is 14.2 Å². The van der Waals surface area contributed by atoms with Gasteiger partial charge in [-0.2, -0.15) is 0 Å². The molecule has 3 aromatic carbocycles. The van der Waals surface area contributed by atoms with Gasteiger partial charge in [0.25, 0.3) is 17.7 Å². The van der Waals surface area contributed by atoms with Crippen LogP contribution in [0.2, 0.25) is 0 Å². The standard InChI is InChI=1S/C30H30ClN3O5/c1-6-18-9-8-10-19(7-2)26(18)33-28(35)20-12-11-17(3)22(15-20)32-27-25(31)29(36)34(30(27)37)23-14-13-21(38-4)16-24(23)39-5/h8-16,32H,6-7H2,1-5H3,(H,33,35). The summed E-state index contributed by atoms with van der Waals surface area (Å²) in [5.74, 6) is -0.845. The maximum Gasteiger partial charge on any atom is 0.283 e. The monoisotopic (exact) mass is 547 g/mol. The molecule has 0 aromatic heterocycles. The summed E-state index contributed by atoms with van der Waals surface area (Å²) < 4.78 is 10.6. The number of halogens is 1. The van der Waals surface area contributed by atoms with E-state index in [1.807, 2.05) is 39.0 Å². The molecule has 0 aliphatic carbocycles. The highest BCUT2D eigenvalue weighted by molar-refractivity contribution is 6.53. The Bertz CT molecular complexity index is 1480. The molecule has 0 unspecified atom stereocenters. The van der Waals surface area contributed by atoms with Crippen LogP contribution in [0.15, 0.2) is 65.3 Å². The van der Waals surface area contributed by atoms with E-state index in [9.17, 15) is 14.4 Å². The third-order valence-electron chi connectivity index (χ3n) is 6.65. The second-order valence-corrected chi connectivity index (χ2v) is 9.32. The molecule has 0 saturated heterocycles. The molecule has 202 valence electrons. The van der Waals surface area contributed by atoms with Crippen LogP contribution < -0.4 is 25.0 Å². The van der Waals surface area contributed by atoms with Crippen molar-refractivity contribution >= 4 is 46.4 Å². The number of imide groups is 1. The fourth-order valence-electron chi connectivity index (χ4n) is 4.42. The van der Waals surface area contributed by atoms with E-state index < -0.39 is 11.8 Å². The quantitative estimate of drug-likeness (QED) is 0.327. The zero-order valence-electron chi connectivity index (χ0n) is 22.5. The van der Waals surface area contributed by atoms with Gasteiger partial charge >= 0.3 is 0 Å². The molecule has 4 rings (SSSR count). The Morgan fingerprint density at radius 2 is 1.62 bits per heavy atom. The number of rotatable bonds is 9. The first kappa shape index (κ1) is 27.7. The van der Waals surface area contributed by atoms with Crippen LogP contribution in [-0.4, -0.2) is 31.9 Å². The van der Waals surface area contributed by atoms with Crippen LogP contribution in [0, 0.1) is 6.92 Å². The van der Waals surface area contributed by atoms with Crippen LogP contribution in [0.25, 0.3) is 0 Å². The molecule has 1 aliphatic heterocycles. The molecule has 2 N–H and O–H groups in total. The largest absolute Gasteiger partial charge is 0.497 e. The molecule has 0 radical (unpaired) electrons. The van der Waals surface area contributed by atoms with E-state index in [4.69, 9.17) is 21.1 Å². The van der Waals surface area contributed by atoms with Crippen LogP contribution in [0.1, 0.15) is 40.9 Å². The zero-order valence-corrected chi connectivity index (χ0v) is 23.2. The van der Waals surface area contributed by atoms with E-state index >= 15 is 0 Å². The number of para-hydroxylation sites is 1. The molecule has 8 nitrogen and oxygen atoms in total. The Hall–Kier alpha value is -4.30. The van der Waals surface area contributed by atoms with Gasteiger partial charge in [-0.05, 0) is 60.7 Å². The summed E-state index contributed by atoms with van der Waals surface area (Å²) in [6.07, 6.45) is 1.56. The maximum atomic E-state index is 13.4. The molecule has 3 amide bonds. The molecular formula is C30H30ClN3O5. The van der Waals surface area contributed by atoms with Crippen molar-refractivity contribution in [3.63, 3.8) is 0 Å². The average molecular weight is 548 g/mol. The summed E-state index contributed by atoms with van der Waals surface area (Å²) in [6.45, 7) is 5.91. The minimum atomic E-state index is -0.692. The molecule has 9 heteroatoms. The van der Waals surface area contributed by atoms with E-state index in [1.54, 1.807) is 36.4 Å². The van der Waals surface area contributed by atoms with Crippen molar-refractivity contribution in [1.82, 2.24) is 0 Å². The lowest BCUT2D eigenvalue weighted by Gasteiger charge is -2.19. The molecule has 0 bridgehead atoms. The number of carbonyl (C=O) groups is 3. The summed E-state index contributed by atoms with van der Waals surface area (Å²) in [5, 5.41) is 5.78. The predicted octanol–water partition coefficient (Wildman–Crippen LogP) is 5.83. The van der Waals surface area contributed by atoms with Crippen molar-refractivity contribution in [1.29, 1.82) is 0 Å². The number of methoxy groups -OCH3 is 2. The second kappa shape index (κ2) is 11.6. The topological polar surface area (TPSA) is 97.0 Å². The number of hydrogen-bond donors (Lipinski definition) is 2. The lowest BCUT2D eigenvalue weighted by atomic mass is 10.0. The lowest BCUT2D eigenvalue weighted by molar-refractivity contribution is -0.120. The highest BCUT2D eigenvalue weighted by Gasteiger charge is 2.40. The van der Waals surface area contributed by atoms with Gasteiger partial charge in [-0.15, -0.1) is 0 Å². The normalized spacial score (nSPS) is 13.1. The van der Waals surface area contributed by atoms with Crippen LogP contribution in [0.4, 0.5) is 17.1 Å². The number of amides is 3. The SMILES string of the molecule is CCc1cccc(CC)c1NC(=O)c1ccc(C)c(NC2=C(Cl)C(=O)N(c3ccc(OC)cc3OC)C2=O)c1. The van der Waals surface area contributed by atoms with E-state index in [0.29, 0.717) is 17.0 Å². The van der Waals surface area contributed by atoms with Crippen molar-refractivity contribution in [2.45, 2.75) is 33.6 Å². The van der Waals surface area contributed by atoms with Gasteiger partial charge in [0.2, 0.25) is 0 Å². The first-order valence-corrected chi connectivity index (χ1v) is 12.9. The smallest absolute Gasteiger partial charge is 0.283 e. The minimum absolute atomic E-state index is 0.0928. The molecule has 3 aromatic rings. The summed E-state index contributed by atoms with van der Waals surface area (Å²) >= 11 is 6.36. The fourth-order valence-corrected chi connectivity index (χ4v) is 4.63. The summed E-state index contributed by atoms with van der Waals surface area (Å²) in [5.41, 5.74) is 4.67. The highest BCUT2D eigenvalue weighted by atomic mass is 35.5. The van der Waals surface area contributed by atoms with Crippen LogP contribution in [-0.2, 0) is 22.4 Å². The van der Waals surface area contributed by atoms with Gasteiger partial charge in [-0.3, -0.25) is 14.4 Å². The third-order valence-corrected chi connectivity index (χ3v) is 7.00. The number of hydrogen-bond acceptors (Lipinski definition) is 6. The van der Waals surface area contributed by atoms with E-state index in [0.717, 1.165) is 40.1 Å². The number of benzene rings is 3. The molecule has 0 spiro atoms. The van der Waals surface area contributed by atoms with Gasteiger partial charge in [0.15, 0.2) is 0 Å². The Kier molecular flexibility index (Phi) is 8.26. The van der Waals surface area contributed by atoms with Crippen molar-refractivity contribution in [3.8, 4) is 11.5 Å². The molecule has 0 atom stereocenters. The Balaban J connectivity index is 1.62. The fraction of sp³-hybridized carbons (Fsp3) is 0.233. The van der Waals surface area contributed by atoms with Crippen molar-refractivity contribution < 1.29 is 23.9 Å². The molecule has 0 saturated carbocycles. The summed E-state index contributed by atoms with van der Waals surface area (Å²) in [4.78, 5) is 40.7. The van der Waals surface area contributed by atoms with Gasteiger partial charge < -0.3 is 20.1 Å². The van der Waals surface area contributed by atoms with E-state index in [-0.39, 0.29) is 28.1 Å². The number of anilines is 3. The zero-order chi connectivity index (χ0) is 28.3. The Morgan fingerprint density at radius 3 is 2.23 bits per heavy atom. The van der Waals surface area contributed by atoms with Gasteiger partial charge in [-0.25, -0.2) is 4.90 Å². The second-order valence-electron chi connectivity index (χ2n) is 8.94. The molecule has 39 heavy (non-hydrogen) atoms. The number of carbonyl (C=O) groups excluding carboxylic acids is 3. The minimum Gasteiger partial charge on any atom is -0.497 e. The predicted molar refractivity (Wildman–Crippen MR) is 153 cm³/mol. The van der Waals surface area contributed by atoms with Crippen molar-refractivity contribution in [2.75, 3.05) is 29.8 Å². The van der Waals surface area contributed by atoms with Gasteiger partial charge in [-0.1, -0.05) is 49.7 Å². The lowest BCUT2D eigenvalue weighted by Crippen LogP contribution is -2.32. The Morgan fingerprint density at radius 1 is 0.923 bits per heavy atom. The van der Waals surface area contributed by atoms with Crippen LogP contribution in [0.3, 0.4) is 0 Å². The van der Waals surface area contributed by atoms with Crippen molar-refractivity contribution in [3.05, 3.63) is 87.6 Å². The molecule has 1 heterocycles. The number of ether oxygens (including phenoxy) is 2. The molecule has 0 fully saturated rings. The van der Waals surface area contributed by atoms with Crippen molar-refractivity contribution in [2.24, 2.45) is 0 Å². The summed E-state index contributed by atoms with van der Waals surface area (Å²) in [6, 6.07) is 15.8. The first-order chi connectivity index (χ1) is 18.7. The number of aryl methyl sites for hydroxylation is 3. The molecular weight excluding hydrogens is 518 g/mol. The number of nitrogens with zero attached hydrogens (tertiary/aromatic N) is 1. The Labute approximate surface area is 232 Å². The third kappa shape index (κ3) is 5.33. The van der Waals surface area contributed by atoms with Gasteiger partial charge in [0, 0.05) is 23.0 Å². The summed E-state index contributed by atoms with van der Waals surface area (Å²) in [7, 11) is 2.93. The maximum absolute atomic E-state index is 13.4. The van der Waals surface area contributed by atoms with Crippen LogP contribution in [0.5, 0.6) is 11.5 Å². The molecule has 1 aliphatic rings.